The molecule has 0 aromatic heterocycles. The van der Waals surface area contributed by atoms with Gasteiger partial charge in [0.2, 0.25) is 11.8 Å². The van der Waals surface area contributed by atoms with E-state index in [1.54, 1.807) is 42.5 Å². The standard InChI is InChI=1S/C33H49N7O5/c1-20-15-24(41)16-21(2)25(20)17-23(18-29(42)27(35)11-8-14-39-33(37)38)32(45)40-28(12-6-7-13-34)30(43)19-26(31(36)44)22-9-4-3-5-10-22/h3-5,9-10,15-16,23,26-28,41H,6-8,11-14,17-19,34-35H2,1-2H3,(H2,36,44)(H,40,45)(H4,37,38,39)/t23-,26+,27-,28+/m1/s1. The Balaban J connectivity index is 2.32. The minimum absolute atomic E-state index is 0.0484. The van der Waals surface area contributed by atoms with E-state index in [9.17, 15) is 24.3 Å². The third-order valence-corrected chi connectivity index (χ3v) is 7.93. The molecular formula is C33H49N7O5. The van der Waals surface area contributed by atoms with Gasteiger partial charge in [0.25, 0.3) is 0 Å². The topological polar surface area (TPSA) is 243 Å². The number of ketones is 2. The van der Waals surface area contributed by atoms with E-state index in [-0.39, 0.29) is 42.5 Å². The summed E-state index contributed by atoms with van der Waals surface area (Å²) in [7, 11) is 0. The first kappa shape index (κ1) is 36.9. The van der Waals surface area contributed by atoms with E-state index in [1.807, 2.05) is 13.8 Å². The Morgan fingerprint density at radius 3 is 2.11 bits per heavy atom. The van der Waals surface area contributed by atoms with Crippen LogP contribution in [0.2, 0.25) is 0 Å². The highest BCUT2D eigenvalue weighted by atomic mass is 16.3. The zero-order chi connectivity index (χ0) is 33.5. The first-order valence-corrected chi connectivity index (χ1v) is 15.3. The highest BCUT2D eigenvalue weighted by molar-refractivity contribution is 5.95. The first-order valence-electron chi connectivity index (χ1n) is 15.3. The zero-order valence-corrected chi connectivity index (χ0v) is 26.3. The number of primary amides is 1. The Kier molecular flexibility index (Phi) is 15.2. The van der Waals surface area contributed by atoms with Crippen molar-refractivity contribution in [2.75, 3.05) is 13.1 Å². The van der Waals surface area contributed by atoms with Crippen LogP contribution in [0.5, 0.6) is 5.75 Å². The van der Waals surface area contributed by atoms with Gasteiger partial charge in [-0.3, -0.25) is 24.2 Å². The van der Waals surface area contributed by atoms with Gasteiger partial charge >= 0.3 is 0 Å². The van der Waals surface area contributed by atoms with E-state index >= 15 is 0 Å². The second-order valence-electron chi connectivity index (χ2n) is 11.6. The SMILES string of the molecule is Cc1cc(O)cc(C)c1C[C@H](CC(=O)[C@H](N)CCCN=C(N)N)C(=O)N[C@@H](CCCCN)C(=O)C[C@H](C(N)=O)c1ccccc1. The zero-order valence-electron chi connectivity index (χ0n) is 26.3. The van der Waals surface area contributed by atoms with Crippen LogP contribution in [0.15, 0.2) is 47.5 Å². The highest BCUT2D eigenvalue weighted by Gasteiger charge is 2.31. The first-order chi connectivity index (χ1) is 21.3. The molecular weight excluding hydrogens is 574 g/mol. The number of hydrogen-bond acceptors (Lipinski definition) is 8. The van der Waals surface area contributed by atoms with Gasteiger partial charge in [-0.1, -0.05) is 30.3 Å². The van der Waals surface area contributed by atoms with Crippen molar-refractivity contribution in [2.24, 2.45) is 39.6 Å². The fourth-order valence-electron chi connectivity index (χ4n) is 5.38. The van der Waals surface area contributed by atoms with Crippen LogP contribution in [0.3, 0.4) is 0 Å². The number of guanidine groups is 1. The number of phenolic OH excluding ortho intramolecular Hbond substituents is 1. The summed E-state index contributed by atoms with van der Waals surface area (Å²) in [4.78, 5) is 57.0. The highest BCUT2D eigenvalue weighted by Crippen LogP contribution is 2.26. The van der Waals surface area contributed by atoms with Gasteiger partial charge in [-0.15, -0.1) is 0 Å². The molecule has 2 aromatic carbocycles. The largest absolute Gasteiger partial charge is 0.508 e. The third kappa shape index (κ3) is 12.3. The van der Waals surface area contributed by atoms with Crippen LogP contribution >= 0.6 is 0 Å². The minimum Gasteiger partial charge on any atom is -0.508 e. The molecule has 2 amide bonds. The molecule has 0 saturated carbocycles. The molecule has 12 heteroatoms. The van der Waals surface area contributed by atoms with Crippen molar-refractivity contribution >= 4 is 29.3 Å². The number of rotatable bonds is 20. The van der Waals surface area contributed by atoms with Crippen molar-refractivity contribution in [3.05, 3.63) is 64.7 Å². The molecule has 4 atom stereocenters. The maximum absolute atomic E-state index is 13.9. The van der Waals surface area contributed by atoms with Gasteiger partial charge < -0.3 is 39.1 Å². The number of Topliss-reactive ketones (excluding diaryl/α,β-unsaturated/α-hetero) is 2. The Labute approximate surface area is 265 Å². The number of benzene rings is 2. The van der Waals surface area contributed by atoms with E-state index in [0.29, 0.717) is 50.8 Å². The van der Waals surface area contributed by atoms with Crippen molar-refractivity contribution < 1.29 is 24.3 Å². The molecule has 0 radical (unpaired) electrons. The third-order valence-electron chi connectivity index (χ3n) is 7.93. The molecule has 0 saturated heterocycles. The fourth-order valence-corrected chi connectivity index (χ4v) is 5.38. The average molecular weight is 624 g/mol. The smallest absolute Gasteiger partial charge is 0.225 e. The molecule has 2 rings (SSSR count). The molecule has 246 valence electrons. The van der Waals surface area contributed by atoms with Crippen molar-refractivity contribution in [1.82, 2.24) is 5.32 Å². The summed E-state index contributed by atoms with van der Waals surface area (Å²) < 4.78 is 0. The number of phenols is 1. The number of unbranched alkanes of at least 4 members (excludes halogenated alkanes) is 1. The molecule has 12 N–H and O–H groups in total. The van der Waals surface area contributed by atoms with Crippen LogP contribution in [-0.4, -0.2) is 59.6 Å². The second kappa shape index (κ2) is 18.5. The van der Waals surface area contributed by atoms with Crippen LogP contribution < -0.4 is 34.0 Å². The number of nitrogens with one attached hydrogen (secondary N) is 1. The quantitative estimate of drug-likeness (QED) is 0.0638. The summed E-state index contributed by atoms with van der Waals surface area (Å²) >= 11 is 0. The van der Waals surface area contributed by atoms with E-state index in [2.05, 4.69) is 10.3 Å². The lowest BCUT2D eigenvalue weighted by molar-refractivity contribution is -0.133. The number of hydrogen-bond donors (Lipinski definition) is 7. The normalized spacial score (nSPS) is 13.7. The summed E-state index contributed by atoms with van der Waals surface area (Å²) in [6.45, 7) is 4.38. The number of aliphatic imine (C=N–C) groups is 1. The summed E-state index contributed by atoms with van der Waals surface area (Å²) in [5.74, 6) is -3.43. The van der Waals surface area contributed by atoms with Crippen molar-refractivity contribution in [1.29, 1.82) is 0 Å². The van der Waals surface area contributed by atoms with E-state index in [4.69, 9.17) is 28.7 Å². The van der Waals surface area contributed by atoms with Crippen LogP contribution in [-0.2, 0) is 25.6 Å². The predicted molar refractivity (Wildman–Crippen MR) is 175 cm³/mol. The Morgan fingerprint density at radius 2 is 1.53 bits per heavy atom. The lowest BCUT2D eigenvalue weighted by Crippen LogP contribution is -2.46. The summed E-state index contributed by atoms with van der Waals surface area (Å²) in [5.41, 5.74) is 31.2. The molecule has 45 heavy (non-hydrogen) atoms. The van der Waals surface area contributed by atoms with Gasteiger partial charge in [0.05, 0.1) is 18.0 Å². The number of nitrogens with zero attached hydrogens (tertiary/aromatic N) is 1. The van der Waals surface area contributed by atoms with E-state index in [0.717, 1.165) is 16.7 Å². The van der Waals surface area contributed by atoms with Gasteiger partial charge in [0.1, 0.15) is 11.5 Å². The van der Waals surface area contributed by atoms with Crippen LogP contribution in [0, 0.1) is 19.8 Å². The molecule has 0 aliphatic heterocycles. The lowest BCUT2D eigenvalue weighted by Gasteiger charge is -2.25. The maximum Gasteiger partial charge on any atom is 0.225 e. The number of aromatic hydroxyl groups is 1. The number of carbonyl (C=O) groups is 4. The van der Waals surface area contributed by atoms with E-state index < -0.39 is 35.7 Å². The molecule has 12 nitrogen and oxygen atoms in total. The van der Waals surface area contributed by atoms with Gasteiger partial charge in [-0.05, 0) is 93.3 Å². The summed E-state index contributed by atoms with van der Waals surface area (Å²) in [6, 6.07) is 10.2. The lowest BCUT2D eigenvalue weighted by atomic mass is 9.86. The predicted octanol–water partition coefficient (Wildman–Crippen LogP) is 1.35. The average Bonchev–Trinajstić information content (AvgIpc) is 2.98. The minimum atomic E-state index is -0.914. The van der Waals surface area contributed by atoms with Gasteiger partial charge in [-0.2, -0.15) is 0 Å². The summed E-state index contributed by atoms with van der Waals surface area (Å²) in [6.07, 6.45) is 2.17. The van der Waals surface area contributed by atoms with Gasteiger partial charge in [0.15, 0.2) is 11.7 Å². The molecule has 0 fully saturated rings. The van der Waals surface area contributed by atoms with Crippen LogP contribution in [0.25, 0.3) is 0 Å². The van der Waals surface area contributed by atoms with Crippen LogP contribution in [0.4, 0.5) is 0 Å². The van der Waals surface area contributed by atoms with Crippen LogP contribution in [0.1, 0.15) is 73.1 Å². The molecule has 0 aliphatic rings. The molecule has 0 heterocycles. The Bertz CT molecular complexity index is 1300. The van der Waals surface area contributed by atoms with Crippen molar-refractivity contribution in [3.63, 3.8) is 0 Å². The molecule has 0 aliphatic carbocycles. The monoisotopic (exact) mass is 623 g/mol. The molecule has 0 unspecified atom stereocenters. The summed E-state index contributed by atoms with van der Waals surface area (Å²) in [5, 5.41) is 12.9. The number of nitrogens with two attached hydrogens (primary N) is 5. The molecule has 2 aromatic rings. The van der Waals surface area contributed by atoms with Gasteiger partial charge in [-0.25, -0.2) is 0 Å². The number of amides is 2. The van der Waals surface area contributed by atoms with Gasteiger partial charge in [0, 0.05) is 25.3 Å². The molecule has 0 bridgehead atoms. The second-order valence-corrected chi connectivity index (χ2v) is 11.6. The molecule has 0 spiro atoms. The fraction of sp³-hybridized carbons (Fsp3) is 0.485. The number of aryl methyl sites for hydroxylation is 2. The number of carbonyl (C=O) groups excluding carboxylic acids is 4. The van der Waals surface area contributed by atoms with Crippen molar-refractivity contribution in [3.8, 4) is 5.75 Å². The Hall–Kier alpha value is -4.29. The Morgan fingerprint density at radius 1 is 0.889 bits per heavy atom. The van der Waals surface area contributed by atoms with E-state index in [1.165, 1.54) is 0 Å². The van der Waals surface area contributed by atoms with Crippen molar-refractivity contribution in [2.45, 2.75) is 83.2 Å². The maximum atomic E-state index is 13.9.